The molecule has 126 valence electrons. The quantitative estimate of drug-likeness (QED) is 0.931. The van der Waals surface area contributed by atoms with Crippen LogP contribution in [0, 0.1) is 11.3 Å². The number of benzene rings is 1. The van der Waals surface area contributed by atoms with E-state index in [1.165, 1.54) is 0 Å². The summed E-state index contributed by atoms with van der Waals surface area (Å²) in [6.45, 7) is 1.91. The van der Waals surface area contributed by atoms with E-state index in [9.17, 15) is 9.90 Å². The summed E-state index contributed by atoms with van der Waals surface area (Å²) in [7, 11) is 0. The molecule has 3 heterocycles. The Labute approximate surface area is 145 Å². The molecule has 0 bridgehead atoms. The van der Waals surface area contributed by atoms with Crippen LogP contribution in [0.15, 0.2) is 41.1 Å². The Balaban J connectivity index is 1.55. The van der Waals surface area contributed by atoms with Crippen LogP contribution < -0.4 is 4.74 Å². The van der Waals surface area contributed by atoms with Crippen LogP contribution in [-0.2, 0) is 17.6 Å². The van der Waals surface area contributed by atoms with E-state index in [-0.39, 0.29) is 23.8 Å². The molecular weight excluding hydrogens is 322 g/mol. The number of carbonyl (C=O) groups excluding carboxylic acids is 1. The summed E-state index contributed by atoms with van der Waals surface area (Å²) < 4.78 is 5.98. The summed E-state index contributed by atoms with van der Waals surface area (Å²) in [5.41, 5.74) is 1.90. The Bertz CT molecular complexity index is 730. The second-order valence-corrected chi connectivity index (χ2v) is 7.68. The number of fused-ring (bicyclic) bond motifs is 2. The van der Waals surface area contributed by atoms with Crippen molar-refractivity contribution in [1.82, 2.24) is 4.90 Å². The zero-order chi connectivity index (χ0) is 16.6. The minimum atomic E-state index is -0.295. The molecule has 1 saturated heterocycles. The molecule has 2 aliphatic heterocycles. The number of nitrogens with zero attached hydrogens (tertiary/aromatic N) is 1. The van der Waals surface area contributed by atoms with Crippen molar-refractivity contribution in [2.24, 2.45) is 11.3 Å². The zero-order valence-corrected chi connectivity index (χ0v) is 14.3. The SMILES string of the molecule is O=C(Cc1ccsc1)N1C[C@H]2COc3ccccc3C[C@@]2(CO)C1. The molecular formula is C19H21NO3S. The van der Waals surface area contributed by atoms with Crippen molar-refractivity contribution in [3.63, 3.8) is 0 Å². The number of amides is 1. The number of aliphatic hydroxyl groups is 1. The van der Waals surface area contributed by atoms with Gasteiger partial charge < -0.3 is 14.7 Å². The summed E-state index contributed by atoms with van der Waals surface area (Å²) in [4.78, 5) is 14.6. The van der Waals surface area contributed by atoms with Gasteiger partial charge in [-0.2, -0.15) is 11.3 Å². The van der Waals surface area contributed by atoms with Gasteiger partial charge in [-0.15, -0.1) is 0 Å². The summed E-state index contributed by atoms with van der Waals surface area (Å²) in [5.74, 6) is 1.22. The molecule has 1 aromatic heterocycles. The van der Waals surface area contributed by atoms with Gasteiger partial charge in [0.2, 0.25) is 5.91 Å². The van der Waals surface area contributed by atoms with Gasteiger partial charge >= 0.3 is 0 Å². The molecule has 0 aliphatic carbocycles. The van der Waals surface area contributed by atoms with E-state index in [2.05, 4.69) is 6.07 Å². The van der Waals surface area contributed by atoms with Crippen LogP contribution in [-0.4, -0.2) is 42.2 Å². The molecule has 2 atom stereocenters. The van der Waals surface area contributed by atoms with Crippen molar-refractivity contribution in [2.75, 3.05) is 26.3 Å². The molecule has 0 unspecified atom stereocenters. The highest BCUT2D eigenvalue weighted by Crippen LogP contribution is 2.43. The van der Waals surface area contributed by atoms with Crippen LogP contribution in [0.1, 0.15) is 11.1 Å². The molecule has 0 radical (unpaired) electrons. The molecule has 1 N–H and O–H groups in total. The monoisotopic (exact) mass is 343 g/mol. The van der Waals surface area contributed by atoms with E-state index in [1.54, 1.807) is 11.3 Å². The molecule has 0 spiro atoms. The predicted octanol–water partition coefficient (Wildman–Crippen LogP) is 2.36. The average molecular weight is 343 g/mol. The Morgan fingerprint density at radius 2 is 2.25 bits per heavy atom. The number of hydrogen-bond donors (Lipinski definition) is 1. The number of para-hydroxylation sites is 1. The largest absolute Gasteiger partial charge is 0.493 e. The topological polar surface area (TPSA) is 49.8 Å². The van der Waals surface area contributed by atoms with Crippen LogP contribution >= 0.6 is 11.3 Å². The van der Waals surface area contributed by atoms with Gasteiger partial charge in [-0.25, -0.2) is 0 Å². The first-order valence-electron chi connectivity index (χ1n) is 8.31. The number of thiophene rings is 1. The van der Waals surface area contributed by atoms with Crippen molar-refractivity contribution >= 4 is 17.2 Å². The third-order valence-electron chi connectivity index (χ3n) is 5.37. The molecule has 1 amide bonds. The van der Waals surface area contributed by atoms with Crippen LogP contribution in [0.5, 0.6) is 5.75 Å². The smallest absolute Gasteiger partial charge is 0.227 e. The molecule has 1 aromatic carbocycles. The number of aliphatic hydroxyl groups excluding tert-OH is 1. The molecule has 1 fully saturated rings. The Morgan fingerprint density at radius 1 is 1.38 bits per heavy atom. The second-order valence-electron chi connectivity index (χ2n) is 6.90. The maximum atomic E-state index is 12.7. The Hall–Kier alpha value is -1.85. The number of ether oxygens (including phenoxy) is 1. The van der Waals surface area contributed by atoms with Crippen molar-refractivity contribution in [2.45, 2.75) is 12.8 Å². The van der Waals surface area contributed by atoms with Gasteiger partial charge in [0.15, 0.2) is 0 Å². The second kappa shape index (κ2) is 6.22. The van der Waals surface area contributed by atoms with Gasteiger partial charge in [0.05, 0.1) is 19.6 Å². The van der Waals surface area contributed by atoms with E-state index >= 15 is 0 Å². The fourth-order valence-electron chi connectivity index (χ4n) is 3.93. The third kappa shape index (κ3) is 2.72. The predicted molar refractivity (Wildman–Crippen MR) is 93.3 cm³/mol. The standard InChI is InChI=1S/C19H21NO3S/c21-13-19-8-15-3-1-2-4-17(15)23-10-16(19)9-20(12-19)18(22)7-14-5-6-24-11-14/h1-6,11,16,21H,7-10,12-13H2/t16-,19-/m0/s1. The zero-order valence-electron chi connectivity index (χ0n) is 13.5. The maximum Gasteiger partial charge on any atom is 0.227 e. The lowest BCUT2D eigenvalue weighted by Gasteiger charge is -2.30. The summed E-state index contributed by atoms with van der Waals surface area (Å²) in [6.07, 6.45) is 1.20. The molecule has 5 heteroatoms. The van der Waals surface area contributed by atoms with E-state index in [0.717, 1.165) is 23.3 Å². The van der Waals surface area contributed by atoms with E-state index in [0.29, 0.717) is 26.1 Å². The number of hydrogen-bond acceptors (Lipinski definition) is 4. The average Bonchev–Trinajstić information content (AvgIpc) is 3.20. The lowest BCUT2D eigenvalue weighted by Crippen LogP contribution is -2.38. The van der Waals surface area contributed by atoms with Crippen molar-refractivity contribution in [3.05, 3.63) is 52.2 Å². The third-order valence-corrected chi connectivity index (χ3v) is 6.10. The number of carbonyl (C=O) groups is 1. The molecule has 24 heavy (non-hydrogen) atoms. The van der Waals surface area contributed by atoms with Gasteiger partial charge in [0.1, 0.15) is 5.75 Å². The highest BCUT2D eigenvalue weighted by molar-refractivity contribution is 7.08. The van der Waals surface area contributed by atoms with Crippen LogP contribution in [0.3, 0.4) is 0 Å². The fraction of sp³-hybridized carbons (Fsp3) is 0.421. The summed E-state index contributed by atoms with van der Waals surface area (Å²) >= 11 is 1.61. The van der Waals surface area contributed by atoms with Crippen LogP contribution in [0.4, 0.5) is 0 Å². The van der Waals surface area contributed by atoms with E-state index in [4.69, 9.17) is 4.74 Å². The molecule has 4 rings (SSSR count). The molecule has 0 saturated carbocycles. The molecule has 4 nitrogen and oxygen atoms in total. The molecule has 2 aliphatic rings. The number of likely N-dealkylation sites (tertiary alicyclic amines) is 1. The van der Waals surface area contributed by atoms with Crippen molar-refractivity contribution in [3.8, 4) is 5.75 Å². The highest BCUT2D eigenvalue weighted by atomic mass is 32.1. The van der Waals surface area contributed by atoms with Gasteiger partial charge in [-0.3, -0.25) is 4.79 Å². The summed E-state index contributed by atoms with van der Waals surface area (Å²) in [6, 6.07) is 10.0. The first-order valence-corrected chi connectivity index (χ1v) is 9.25. The van der Waals surface area contributed by atoms with Crippen LogP contribution in [0.25, 0.3) is 0 Å². The lowest BCUT2D eigenvalue weighted by atomic mass is 9.75. The van der Waals surface area contributed by atoms with Gasteiger partial charge in [0, 0.05) is 24.4 Å². The maximum absolute atomic E-state index is 12.7. The van der Waals surface area contributed by atoms with Crippen LogP contribution in [0.2, 0.25) is 0 Å². The van der Waals surface area contributed by atoms with Gasteiger partial charge in [-0.1, -0.05) is 18.2 Å². The minimum Gasteiger partial charge on any atom is -0.493 e. The summed E-state index contributed by atoms with van der Waals surface area (Å²) in [5, 5.41) is 14.2. The van der Waals surface area contributed by atoms with E-state index < -0.39 is 0 Å². The fourth-order valence-corrected chi connectivity index (χ4v) is 4.60. The van der Waals surface area contributed by atoms with Gasteiger partial charge in [-0.05, 0) is 40.4 Å². The Kier molecular flexibility index (Phi) is 4.06. The van der Waals surface area contributed by atoms with Gasteiger partial charge in [0.25, 0.3) is 0 Å². The normalized spacial score (nSPS) is 25.5. The number of rotatable bonds is 3. The lowest BCUT2D eigenvalue weighted by molar-refractivity contribution is -0.130. The molecule has 2 aromatic rings. The van der Waals surface area contributed by atoms with Crippen molar-refractivity contribution < 1.29 is 14.6 Å². The van der Waals surface area contributed by atoms with Crippen molar-refractivity contribution in [1.29, 1.82) is 0 Å². The first-order chi connectivity index (χ1) is 11.7. The van der Waals surface area contributed by atoms with E-state index in [1.807, 2.05) is 39.9 Å². The first kappa shape index (κ1) is 15.7. The minimum absolute atomic E-state index is 0.0809. The highest BCUT2D eigenvalue weighted by Gasteiger charge is 2.49. The Morgan fingerprint density at radius 3 is 3.04 bits per heavy atom.